The Morgan fingerprint density at radius 3 is 2.68 bits per heavy atom. The number of aromatic nitrogens is 1. The number of hydrogen-bond donors (Lipinski definition) is 0. The highest BCUT2D eigenvalue weighted by atomic mass is 35.5. The Hall–Kier alpha value is -1.89. The summed E-state index contributed by atoms with van der Waals surface area (Å²) in [6.07, 6.45) is 5.12. The summed E-state index contributed by atoms with van der Waals surface area (Å²) in [5.41, 5.74) is 0. The molecule has 1 aromatic carbocycles. The van der Waals surface area contributed by atoms with Crippen LogP contribution in [0.2, 0.25) is 5.02 Å². The van der Waals surface area contributed by atoms with Crippen LogP contribution in [0.25, 0.3) is 6.08 Å². The summed E-state index contributed by atoms with van der Waals surface area (Å²) in [6, 6.07) is 7.38. The number of rotatable bonds is 6. The Morgan fingerprint density at radius 2 is 2.00 bits per heavy atom. The highest BCUT2D eigenvalue weighted by Crippen LogP contribution is 2.15. The van der Waals surface area contributed by atoms with E-state index in [0.717, 1.165) is 43.5 Å². The van der Waals surface area contributed by atoms with Crippen LogP contribution < -0.4 is 4.74 Å². The highest BCUT2D eigenvalue weighted by molar-refractivity contribution is 7.10. The molecule has 1 saturated heterocycles. The van der Waals surface area contributed by atoms with Crippen molar-refractivity contribution in [2.45, 2.75) is 0 Å². The van der Waals surface area contributed by atoms with E-state index in [1.807, 2.05) is 34.5 Å². The molecule has 0 spiro atoms. The maximum Gasteiger partial charge on any atom is 0.246 e. The van der Waals surface area contributed by atoms with E-state index in [4.69, 9.17) is 16.3 Å². The second-order valence-electron chi connectivity index (χ2n) is 5.67. The fourth-order valence-electron chi connectivity index (χ4n) is 2.58. The van der Waals surface area contributed by atoms with Crippen LogP contribution >= 0.6 is 22.9 Å². The van der Waals surface area contributed by atoms with Crippen LogP contribution in [0.4, 0.5) is 0 Å². The monoisotopic (exact) mass is 377 g/mol. The fourth-order valence-corrected chi connectivity index (χ4v) is 3.24. The molecular formula is C18H20ClN3O2S. The Kier molecular flexibility index (Phi) is 6.44. The number of hydrogen-bond acceptors (Lipinski definition) is 5. The summed E-state index contributed by atoms with van der Waals surface area (Å²) in [7, 11) is 0. The molecule has 0 saturated carbocycles. The van der Waals surface area contributed by atoms with Gasteiger partial charge in [0.25, 0.3) is 0 Å². The molecular weight excluding hydrogens is 358 g/mol. The lowest BCUT2D eigenvalue weighted by Gasteiger charge is -2.34. The first kappa shape index (κ1) is 17.9. The van der Waals surface area contributed by atoms with Gasteiger partial charge in [-0.05, 0) is 30.3 Å². The summed E-state index contributed by atoms with van der Waals surface area (Å²) < 4.78 is 5.72. The van der Waals surface area contributed by atoms with E-state index < -0.39 is 0 Å². The van der Waals surface area contributed by atoms with E-state index in [1.165, 1.54) is 11.3 Å². The molecule has 1 aromatic heterocycles. The number of ether oxygens (including phenoxy) is 1. The van der Waals surface area contributed by atoms with Crippen molar-refractivity contribution in [2.75, 3.05) is 39.3 Å². The van der Waals surface area contributed by atoms with Crippen molar-refractivity contribution in [3.63, 3.8) is 0 Å². The average Bonchev–Trinajstić information content (AvgIpc) is 3.15. The minimum absolute atomic E-state index is 0.0484. The van der Waals surface area contributed by atoms with Crippen LogP contribution in [0.15, 0.2) is 41.9 Å². The van der Waals surface area contributed by atoms with Gasteiger partial charge in [0.1, 0.15) is 17.4 Å². The van der Waals surface area contributed by atoms with Gasteiger partial charge in [-0.1, -0.05) is 11.6 Å². The summed E-state index contributed by atoms with van der Waals surface area (Å²) in [6.45, 7) is 4.67. The molecule has 0 radical (unpaired) electrons. The summed E-state index contributed by atoms with van der Waals surface area (Å²) in [5, 5.41) is 3.46. The zero-order chi connectivity index (χ0) is 17.5. The molecule has 0 unspecified atom stereocenters. The zero-order valence-electron chi connectivity index (χ0n) is 13.8. The number of thiazole rings is 1. The van der Waals surface area contributed by atoms with Gasteiger partial charge in [-0.3, -0.25) is 9.69 Å². The van der Waals surface area contributed by atoms with Crippen LogP contribution in [0.5, 0.6) is 5.75 Å². The number of carbonyl (C=O) groups excluding carboxylic acids is 1. The molecule has 3 rings (SSSR count). The van der Waals surface area contributed by atoms with Gasteiger partial charge in [0, 0.05) is 55.4 Å². The number of nitrogens with zero attached hydrogens (tertiary/aromatic N) is 3. The number of carbonyl (C=O) groups is 1. The van der Waals surface area contributed by atoms with Gasteiger partial charge in [0.2, 0.25) is 5.91 Å². The van der Waals surface area contributed by atoms with Crippen molar-refractivity contribution < 1.29 is 9.53 Å². The third kappa shape index (κ3) is 5.56. The molecule has 25 heavy (non-hydrogen) atoms. The Morgan fingerprint density at radius 1 is 1.24 bits per heavy atom. The Labute approximate surface area is 156 Å². The predicted molar refractivity (Wildman–Crippen MR) is 101 cm³/mol. The second-order valence-corrected chi connectivity index (χ2v) is 7.04. The molecule has 2 heterocycles. The molecule has 1 aliphatic heterocycles. The number of amides is 1. The molecule has 5 nitrogen and oxygen atoms in total. The van der Waals surface area contributed by atoms with Gasteiger partial charge in [0.05, 0.1) is 0 Å². The van der Waals surface area contributed by atoms with E-state index >= 15 is 0 Å². The van der Waals surface area contributed by atoms with E-state index in [-0.39, 0.29) is 5.91 Å². The first-order valence-corrected chi connectivity index (χ1v) is 9.44. The molecule has 132 valence electrons. The van der Waals surface area contributed by atoms with Crippen molar-refractivity contribution in [3.05, 3.63) is 51.9 Å². The van der Waals surface area contributed by atoms with Crippen LogP contribution in [-0.4, -0.2) is 60.0 Å². The maximum atomic E-state index is 12.2. The quantitative estimate of drug-likeness (QED) is 0.726. The second kappa shape index (κ2) is 8.99. The lowest BCUT2D eigenvalue weighted by atomic mass is 10.3. The van der Waals surface area contributed by atoms with Gasteiger partial charge in [-0.2, -0.15) is 0 Å². The summed E-state index contributed by atoms with van der Waals surface area (Å²) in [5.74, 6) is 0.873. The van der Waals surface area contributed by atoms with E-state index in [1.54, 1.807) is 18.3 Å². The van der Waals surface area contributed by atoms with Crippen LogP contribution in [0.1, 0.15) is 5.01 Å². The SMILES string of the molecule is O=C(/C=C/c1nccs1)N1CCN(CCOc2ccc(Cl)cc2)CC1. The van der Waals surface area contributed by atoms with E-state index in [0.29, 0.717) is 11.6 Å². The largest absolute Gasteiger partial charge is 0.492 e. The third-order valence-corrected chi connectivity index (χ3v) is 4.99. The maximum absolute atomic E-state index is 12.2. The summed E-state index contributed by atoms with van der Waals surface area (Å²) >= 11 is 7.38. The lowest BCUT2D eigenvalue weighted by Crippen LogP contribution is -2.49. The van der Waals surface area contributed by atoms with Crippen molar-refractivity contribution in [1.82, 2.24) is 14.8 Å². The van der Waals surface area contributed by atoms with Crippen LogP contribution in [-0.2, 0) is 4.79 Å². The van der Waals surface area contributed by atoms with E-state index in [9.17, 15) is 4.79 Å². The molecule has 1 fully saturated rings. The normalized spacial score (nSPS) is 15.6. The molecule has 0 bridgehead atoms. The lowest BCUT2D eigenvalue weighted by molar-refractivity contribution is -0.127. The number of piperazine rings is 1. The third-order valence-electron chi connectivity index (χ3n) is 3.99. The average molecular weight is 378 g/mol. The number of benzene rings is 1. The van der Waals surface area contributed by atoms with Crippen molar-refractivity contribution in [2.24, 2.45) is 0 Å². The van der Waals surface area contributed by atoms with Crippen molar-refractivity contribution in [1.29, 1.82) is 0 Å². The molecule has 1 aliphatic rings. The first-order chi connectivity index (χ1) is 12.2. The molecule has 2 aromatic rings. The molecule has 0 atom stereocenters. The van der Waals surface area contributed by atoms with E-state index in [2.05, 4.69) is 9.88 Å². The summed E-state index contributed by atoms with van der Waals surface area (Å²) in [4.78, 5) is 20.5. The standard InChI is InChI=1S/C18H20ClN3O2S/c19-15-1-3-16(4-2-15)24-13-12-21-8-10-22(11-9-21)18(23)6-5-17-20-7-14-25-17/h1-7,14H,8-13H2/b6-5+. The highest BCUT2D eigenvalue weighted by Gasteiger charge is 2.19. The zero-order valence-corrected chi connectivity index (χ0v) is 15.4. The molecule has 0 N–H and O–H groups in total. The Bertz CT molecular complexity index is 696. The van der Waals surface area contributed by atoms with Gasteiger partial charge in [-0.15, -0.1) is 11.3 Å². The van der Waals surface area contributed by atoms with Crippen LogP contribution in [0, 0.1) is 0 Å². The predicted octanol–water partition coefficient (Wildman–Crippen LogP) is 3.03. The fraction of sp³-hybridized carbons (Fsp3) is 0.333. The Balaban J connectivity index is 1.36. The number of halogens is 1. The first-order valence-electron chi connectivity index (χ1n) is 8.18. The van der Waals surface area contributed by atoms with Crippen molar-refractivity contribution >= 4 is 34.9 Å². The molecule has 7 heteroatoms. The smallest absolute Gasteiger partial charge is 0.246 e. The minimum atomic E-state index is 0.0484. The molecule has 1 amide bonds. The molecule has 0 aliphatic carbocycles. The van der Waals surface area contributed by atoms with Gasteiger partial charge >= 0.3 is 0 Å². The van der Waals surface area contributed by atoms with Crippen LogP contribution in [0.3, 0.4) is 0 Å². The van der Waals surface area contributed by atoms with Crippen molar-refractivity contribution in [3.8, 4) is 5.75 Å². The van der Waals surface area contributed by atoms with Gasteiger partial charge < -0.3 is 9.64 Å². The minimum Gasteiger partial charge on any atom is -0.492 e. The van der Waals surface area contributed by atoms with Gasteiger partial charge in [-0.25, -0.2) is 4.98 Å². The van der Waals surface area contributed by atoms with Gasteiger partial charge in [0.15, 0.2) is 0 Å². The topological polar surface area (TPSA) is 45.7 Å².